The lowest BCUT2D eigenvalue weighted by molar-refractivity contribution is 0.0952. The quantitative estimate of drug-likeness (QED) is 0.850. The molecule has 90 valence electrons. The Morgan fingerprint density at radius 1 is 1.41 bits per heavy atom. The molecule has 1 rings (SSSR count). The Hall–Kier alpha value is -1.41. The van der Waals surface area contributed by atoms with Crippen LogP contribution in [0.5, 0.6) is 0 Å². The van der Waals surface area contributed by atoms with Gasteiger partial charge in [-0.1, -0.05) is 15.9 Å². The normalized spacial score (nSPS) is 9.71. The topological polar surface area (TPSA) is 52.9 Å². The van der Waals surface area contributed by atoms with Crippen LogP contribution in [0.3, 0.4) is 0 Å². The molecular weight excluding hydrogens is 287 g/mol. The summed E-state index contributed by atoms with van der Waals surface area (Å²) in [6, 6.07) is 6.08. The first-order chi connectivity index (χ1) is 8.13. The van der Waals surface area contributed by atoms with Gasteiger partial charge in [-0.05, 0) is 31.0 Å². The number of nitrogens with one attached hydrogen (secondary N) is 1. The molecule has 0 heterocycles. The molecule has 0 bridgehead atoms. The van der Waals surface area contributed by atoms with Gasteiger partial charge < -0.3 is 5.32 Å². The van der Waals surface area contributed by atoms with Crippen molar-refractivity contribution < 1.29 is 9.18 Å². The van der Waals surface area contributed by atoms with Crippen LogP contribution in [0.1, 0.15) is 29.6 Å². The van der Waals surface area contributed by atoms with E-state index >= 15 is 0 Å². The van der Waals surface area contributed by atoms with Gasteiger partial charge in [0.2, 0.25) is 0 Å². The van der Waals surface area contributed by atoms with E-state index in [9.17, 15) is 9.18 Å². The van der Waals surface area contributed by atoms with Crippen molar-refractivity contribution in [1.82, 2.24) is 5.32 Å². The van der Waals surface area contributed by atoms with Crippen LogP contribution in [0.4, 0.5) is 4.39 Å². The maximum Gasteiger partial charge on any atom is 0.251 e. The van der Waals surface area contributed by atoms with Gasteiger partial charge in [-0.15, -0.1) is 0 Å². The van der Waals surface area contributed by atoms with Crippen molar-refractivity contribution in [2.24, 2.45) is 0 Å². The molecule has 0 aliphatic rings. The smallest absolute Gasteiger partial charge is 0.251 e. The third-order valence-electron chi connectivity index (χ3n) is 2.13. The first-order valence-corrected chi connectivity index (χ1v) is 6.04. The van der Waals surface area contributed by atoms with Gasteiger partial charge in [-0.3, -0.25) is 4.79 Å². The van der Waals surface area contributed by atoms with Crippen LogP contribution < -0.4 is 5.32 Å². The molecule has 3 nitrogen and oxygen atoms in total. The first-order valence-electron chi connectivity index (χ1n) is 5.24. The molecule has 0 aromatic heterocycles. The average molecular weight is 299 g/mol. The molecule has 0 radical (unpaired) electrons. The molecule has 1 aromatic carbocycles. The molecule has 0 saturated carbocycles. The fourth-order valence-electron chi connectivity index (χ4n) is 1.32. The Balaban J connectivity index is 2.44. The lowest BCUT2D eigenvalue weighted by Gasteiger charge is -2.05. The molecule has 0 saturated heterocycles. The predicted molar refractivity (Wildman–Crippen MR) is 65.9 cm³/mol. The molecule has 1 aromatic rings. The minimum absolute atomic E-state index is 0.289. The van der Waals surface area contributed by atoms with Gasteiger partial charge in [0, 0.05) is 23.0 Å². The van der Waals surface area contributed by atoms with Crippen LogP contribution in [0.2, 0.25) is 0 Å². The van der Waals surface area contributed by atoms with Crippen molar-refractivity contribution in [2.45, 2.75) is 19.3 Å². The highest BCUT2D eigenvalue weighted by Crippen LogP contribution is 2.14. The molecule has 0 atom stereocenters. The molecule has 1 N–H and O–H groups in total. The van der Waals surface area contributed by atoms with E-state index < -0.39 is 5.82 Å². The van der Waals surface area contributed by atoms with E-state index in [-0.39, 0.29) is 11.5 Å². The van der Waals surface area contributed by atoms with Gasteiger partial charge in [-0.2, -0.15) is 5.26 Å². The summed E-state index contributed by atoms with van der Waals surface area (Å²) in [5.74, 6) is -0.754. The lowest BCUT2D eigenvalue weighted by Crippen LogP contribution is -2.24. The molecule has 0 unspecified atom stereocenters. The van der Waals surface area contributed by atoms with Crippen LogP contribution in [0.15, 0.2) is 22.7 Å². The van der Waals surface area contributed by atoms with Crippen LogP contribution in [-0.4, -0.2) is 12.5 Å². The summed E-state index contributed by atoms with van der Waals surface area (Å²) in [5.41, 5.74) is 0.289. The van der Waals surface area contributed by atoms with Gasteiger partial charge in [0.25, 0.3) is 5.91 Å². The van der Waals surface area contributed by atoms with Gasteiger partial charge in [0.05, 0.1) is 6.07 Å². The zero-order chi connectivity index (χ0) is 12.7. The molecule has 0 aliphatic heterocycles. The summed E-state index contributed by atoms with van der Waals surface area (Å²) >= 11 is 3.13. The highest BCUT2D eigenvalue weighted by Gasteiger charge is 2.07. The van der Waals surface area contributed by atoms with E-state index in [1.807, 2.05) is 6.07 Å². The largest absolute Gasteiger partial charge is 0.352 e. The number of hydrogen-bond acceptors (Lipinski definition) is 2. The van der Waals surface area contributed by atoms with Crippen molar-refractivity contribution in [3.05, 3.63) is 34.1 Å². The van der Waals surface area contributed by atoms with Crippen molar-refractivity contribution in [3.8, 4) is 6.07 Å². The van der Waals surface area contributed by atoms with E-state index in [4.69, 9.17) is 5.26 Å². The Morgan fingerprint density at radius 3 is 2.82 bits per heavy atom. The number of rotatable bonds is 5. The Labute approximate surface area is 108 Å². The zero-order valence-electron chi connectivity index (χ0n) is 9.17. The average Bonchev–Trinajstić information content (AvgIpc) is 2.27. The predicted octanol–water partition coefficient (Wildman–Crippen LogP) is 3.01. The lowest BCUT2D eigenvalue weighted by atomic mass is 10.2. The van der Waals surface area contributed by atoms with Crippen LogP contribution in [0, 0.1) is 17.1 Å². The number of amides is 1. The number of carbonyl (C=O) groups is 1. The minimum Gasteiger partial charge on any atom is -0.352 e. The summed E-state index contributed by atoms with van der Waals surface area (Å²) < 4.78 is 13.6. The van der Waals surface area contributed by atoms with E-state index in [0.29, 0.717) is 17.4 Å². The maximum absolute atomic E-state index is 13.0. The van der Waals surface area contributed by atoms with Crippen LogP contribution in [0.25, 0.3) is 0 Å². The SMILES string of the molecule is N#CCCCCNC(=O)c1cc(F)cc(Br)c1. The van der Waals surface area contributed by atoms with E-state index in [1.54, 1.807) is 6.07 Å². The van der Waals surface area contributed by atoms with Gasteiger partial charge in [-0.25, -0.2) is 4.39 Å². The Kier molecular flexibility index (Phi) is 5.64. The fourth-order valence-corrected chi connectivity index (χ4v) is 1.78. The van der Waals surface area contributed by atoms with Crippen molar-refractivity contribution in [3.63, 3.8) is 0 Å². The summed E-state index contributed by atoms with van der Waals surface area (Å²) in [5, 5.41) is 11.0. The second kappa shape index (κ2) is 7.02. The monoisotopic (exact) mass is 298 g/mol. The fraction of sp³-hybridized carbons (Fsp3) is 0.333. The molecule has 17 heavy (non-hydrogen) atoms. The highest BCUT2D eigenvalue weighted by atomic mass is 79.9. The third kappa shape index (κ3) is 4.96. The molecule has 5 heteroatoms. The standard InChI is InChI=1S/C12H12BrFN2O/c13-10-6-9(7-11(14)8-10)12(17)16-5-3-1-2-4-15/h6-8H,1-3,5H2,(H,16,17). The van der Waals surface area contributed by atoms with Gasteiger partial charge in [0.1, 0.15) is 5.82 Å². The second-order valence-corrected chi connectivity index (χ2v) is 4.44. The summed E-state index contributed by atoms with van der Waals surface area (Å²) in [6.45, 7) is 0.495. The Morgan fingerprint density at radius 2 is 2.18 bits per heavy atom. The van der Waals surface area contributed by atoms with E-state index in [2.05, 4.69) is 21.2 Å². The van der Waals surface area contributed by atoms with Crippen molar-refractivity contribution >= 4 is 21.8 Å². The number of halogens is 2. The molecule has 0 fully saturated rings. The first kappa shape index (κ1) is 13.7. The molecule has 1 amide bonds. The van der Waals surface area contributed by atoms with Crippen LogP contribution >= 0.6 is 15.9 Å². The second-order valence-electron chi connectivity index (χ2n) is 3.53. The number of nitriles is 1. The summed E-state index contributed by atoms with van der Waals surface area (Å²) in [7, 11) is 0. The van der Waals surface area contributed by atoms with E-state index in [1.165, 1.54) is 12.1 Å². The number of unbranched alkanes of at least 4 members (excludes halogenated alkanes) is 2. The molecule has 0 spiro atoms. The summed E-state index contributed by atoms with van der Waals surface area (Å²) in [6.07, 6.45) is 1.99. The Bertz CT molecular complexity index is 422. The number of carbonyl (C=O) groups excluding carboxylic acids is 1. The van der Waals surface area contributed by atoms with Crippen molar-refractivity contribution in [1.29, 1.82) is 5.26 Å². The van der Waals surface area contributed by atoms with E-state index in [0.717, 1.165) is 12.8 Å². The zero-order valence-corrected chi connectivity index (χ0v) is 10.8. The minimum atomic E-state index is -0.450. The highest BCUT2D eigenvalue weighted by molar-refractivity contribution is 9.10. The number of hydrogen-bond donors (Lipinski definition) is 1. The van der Waals surface area contributed by atoms with Crippen molar-refractivity contribution in [2.75, 3.05) is 6.54 Å². The van der Waals surface area contributed by atoms with Gasteiger partial charge in [0.15, 0.2) is 0 Å². The third-order valence-corrected chi connectivity index (χ3v) is 2.58. The molecule has 0 aliphatic carbocycles. The maximum atomic E-state index is 13.0. The van der Waals surface area contributed by atoms with Crippen LogP contribution in [-0.2, 0) is 0 Å². The number of benzene rings is 1. The summed E-state index contributed by atoms with van der Waals surface area (Å²) in [4.78, 5) is 11.6. The number of nitrogens with zero attached hydrogens (tertiary/aromatic N) is 1. The molecular formula is C12H12BrFN2O. The van der Waals surface area contributed by atoms with Gasteiger partial charge >= 0.3 is 0 Å².